The maximum absolute atomic E-state index is 13.7. The van der Waals surface area contributed by atoms with Crippen LogP contribution in [0.5, 0.6) is 11.5 Å². The summed E-state index contributed by atoms with van der Waals surface area (Å²) in [6.45, 7) is 0.712. The quantitative estimate of drug-likeness (QED) is 0.345. The van der Waals surface area contributed by atoms with Gasteiger partial charge in [-0.15, -0.1) is 0 Å². The molecule has 0 amide bonds. The summed E-state index contributed by atoms with van der Waals surface area (Å²) in [5.41, 5.74) is -0.406. The smallest absolute Gasteiger partial charge is 0.348 e. The van der Waals surface area contributed by atoms with E-state index < -0.39 is 17.7 Å². The topological polar surface area (TPSA) is 84.8 Å². The van der Waals surface area contributed by atoms with Crippen LogP contribution in [0, 0.1) is 17.8 Å². The number of esters is 1. The van der Waals surface area contributed by atoms with Crippen LogP contribution in [-0.4, -0.2) is 45.6 Å². The maximum atomic E-state index is 13.7. The van der Waals surface area contributed by atoms with Gasteiger partial charge >= 0.3 is 5.97 Å². The number of fused-ring (bicyclic) bond motifs is 2. The highest BCUT2D eigenvalue weighted by molar-refractivity contribution is 5.88. The highest BCUT2D eigenvalue weighted by atomic mass is 16.6. The van der Waals surface area contributed by atoms with Crippen molar-refractivity contribution in [3.63, 3.8) is 0 Å². The van der Waals surface area contributed by atoms with Crippen LogP contribution >= 0.6 is 0 Å². The van der Waals surface area contributed by atoms with E-state index in [1.54, 1.807) is 48.8 Å². The van der Waals surface area contributed by atoms with Gasteiger partial charge in [-0.25, -0.2) is 14.8 Å². The Morgan fingerprint density at radius 1 is 1.16 bits per heavy atom. The van der Waals surface area contributed by atoms with Gasteiger partial charge in [0, 0.05) is 43.5 Å². The van der Waals surface area contributed by atoms with Gasteiger partial charge in [0.25, 0.3) is 0 Å². The van der Waals surface area contributed by atoms with Gasteiger partial charge in [-0.2, -0.15) is 0 Å². The molecule has 7 heteroatoms. The molecular weight excluding hydrogens is 478 g/mol. The standard InChI is InChI=1S/C31H31N3O4/c1-34(17-7-6-9-24-20-32-22-33-21-24)18-16-25(19-23-10-8-11-23)37-30(35)31(36)26-12-2-4-14-28(26)38-29-15-5-3-13-27(29)31/h2-5,12-16,18,20-23,25,36H,7-8,10-11,17,19H2,1H3/b18-16+. The van der Waals surface area contributed by atoms with E-state index in [0.717, 1.165) is 24.8 Å². The zero-order valence-electron chi connectivity index (χ0n) is 21.4. The van der Waals surface area contributed by atoms with Gasteiger partial charge in [0.15, 0.2) is 0 Å². The van der Waals surface area contributed by atoms with Crippen molar-refractivity contribution in [2.45, 2.75) is 43.8 Å². The number of nitrogens with zero attached hydrogens (tertiary/aromatic N) is 3. The summed E-state index contributed by atoms with van der Waals surface area (Å²) in [5, 5.41) is 11.9. The Morgan fingerprint density at radius 3 is 2.45 bits per heavy atom. The maximum Gasteiger partial charge on any atom is 0.348 e. The molecule has 0 spiro atoms. The number of carbonyl (C=O) groups is 1. The zero-order chi connectivity index (χ0) is 26.4. The van der Waals surface area contributed by atoms with Crippen LogP contribution in [0.4, 0.5) is 0 Å². The molecule has 0 saturated heterocycles. The summed E-state index contributed by atoms with van der Waals surface area (Å²) in [7, 11) is 1.96. The van der Waals surface area contributed by atoms with Gasteiger partial charge in [-0.05, 0) is 36.7 Å². The predicted octanol–water partition coefficient (Wildman–Crippen LogP) is 4.81. The summed E-state index contributed by atoms with van der Waals surface area (Å²) in [5.74, 6) is 6.88. The molecule has 38 heavy (non-hydrogen) atoms. The van der Waals surface area contributed by atoms with Crippen LogP contribution in [0.1, 0.15) is 48.8 Å². The van der Waals surface area contributed by atoms with E-state index in [1.807, 2.05) is 36.4 Å². The molecule has 2 aliphatic rings. The third-order valence-corrected chi connectivity index (χ3v) is 7.06. The molecule has 1 N–H and O–H groups in total. The molecular formula is C31H31N3O4. The first-order chi connectivity index (χ1) is 18.5. The first kappa shape index (κ1) is 25.5. The van der Waals surface area contributed by atoms with E-state index in [2.05, 4.69) is 21.8 Å². The monoisotopic (exact) mass is 509 g/mol. The van der Waals surface area contributed by atoms with Crippen LogP contribution < -0.4 is 4.74 Å². The number of rotatable bonds is 8. The van der Waals surface area contributed by atoms with E-state index in [4.69, 9.17) is 9.47 Å². The van der Waals surface area contributed by atoms with E-state index in [-0.39, 0.29) is 0 Å². The Hall–Kier alpha value is -4.15. The fourth-order valence-corrected chi connectivity index (χ4v) is 4.72. The number of carbonyl (C=O) groups excluding carboxylic acids is 1. The van der Waals surface area contributed by atoms with Crippen molar-refractivity contribution < 1.29 is 19.4 Å². The van der Waals surface area contributed by atoms with E-state index >= 15 is 0 Å². The van der Waals surface area contributed by atoms with Crippen molar-refractivity contribution in [2.24, 2.45) is 5.92 Å². The Bertz CT molecular complexity index is 1310. The van der Waals surface area contributed by atoms with Crippen molar-refractivity contribution in [1.29, 1.82) is 0 Å². The second kappa shape index (κ2) is 11.5. The minimum absolute atomic E-state index is 0.384. The predicted molar refractivity (Wildman–Crippen MR) is 143 cm³/mol. The van der Waals surface area contributed by atoms with Crippen molar-refractivity contribution in [1.82, 2.24) is 14.9 Å². The van der Waals surface area contributed by atoms with Crippen LogP contribution in [0.25, 0.3) is 0 Å². The fourth-order valence-electron chi connectivity index (χ4n) is 4.72. The molecule has 1 aliphatic carbocycles. The molecule has 3 aromatic rings. The van der Waals surface area contributed by atoms with Gasteiger partial charge < -0.3 is 19.5 Å². The van der Waals surface area contributed by atoms with Gasteiger partial charge in [-0.3, -0.25) is 0 Å². The van der Waals surface area contributed by atoms with Crippen LogP contribution in [-0.2, 0) is 15.1 Å². The van der Waals surface area contributed by atoms with Gasteiger partial charge in [0.05, 0.1) is 5.56 Å². The highest BCUT2D eigenvalue weighted by Crippen LogP contribution is 2.47. The van der Waals surface area contributed by atoms with Gasteiger partial charge in [0.1, 0.15) is 23.9 Å². The number of para-hydroxylation sites is 2. The SMILES string of the molecule is CN(/C=C/C(CC1CCC1)OC(=O)C1(O)c2ccccc2Oc2ccccc21)CCC#Cc1cncnc1. The lowest BCUT2D eigenvalue weighted by atomic mass is 9.81. The molecule has 2 heterocycles. The molecule has 1 atom stereocenters. The molecule has 1 saturated carbocycles. The highest BCUT2D eigenvalue weighted by Gasteiger charge is 2.49. The lowest BCUT2D eigenvalue weighted by Gasteiger charge is -2.35. The minimum atomic E-state index is -1.96. The molecule has 194 valence electrons. The average Bonchev–Trinajstić information content (AvgIpc) is 2.92. The average molecular weight is 510 g/mol. The first-order valence-electron chi connectivity index (χ1n) is 13.0. The molecule has 5 rings (SSSR count). The largest absolute Gasteiger partial charge is 0.457 e. The zero-order valence-corrected chi connectivity index (χ0v) is 21.4. The Morgan fingerprint density at radius 2 is 1.82 bits per heavy atom. The van der Waals surface area contributed by atoms with Crippen molar-refractivity contribution >= 4 is 5.97 Å². The summed E-state index contributed by atoms with van der Waals surface area (Å²) >= 11 is 0. The van der Waals surface area contributed by atoms with Crippen molar-refractivity contribution in [3.05, 3.63) is 96.2 Å². The van der Waals surface area contributed by atoms with E-state index in [1.165, 1.54) is 12.7 Å². The second-order valence-corrected chi connectivity index (χ2v) is 9.78. The lowest BCUT2D eigenvalue weighted by molar-refractivity contribution is -0.167. The molecule has 1 fully saturated rings. The number of hydrogen-bond donors (Lipinski definition) is 1. The third kappa shape index (κ3) is 5.56. The minimum Gasteiger partial charge on any atom is -0.457 e. The number of ether oxygens (including phenoxy) is 2. The fraction of sp³-hybridized carbons (Fsp3) is 0.323. The van der Waals surface area contributed by atoms with Crippen LogP contribution in [0.3, 0.4) is 0 Å². The van der Waals surface area contributed by atoms with Crippen LogP contribution in [0.15, 0.2) is 79.5 Å². The Kier molecular flexibility index (Phi) is 7.71. The number of benzene rings is 2. The number of aliphatic hydroxyl groups is 1. The molecule has 1 aliphatic heterocycles. The molecule has 2 aromatic carbocycles. The van der Waals surface area contributed by atoms with Crippen molar-refractivity contribution in [2.75, 3.05) is 13.6 Å². The summed E-state index contributed by atoms with van der Waals surface area (Å²) in [6.07, 6.45) is 13.1. The molecule has 1 aromatic heterocycles. The van der Waals surface area contributed by atoms with Crippen LogP contribution in [0.2, 0.25) is 0 Å². The molecule has 7 nitrogen and oxygen atoms in total. The second-order valence-electron chi connectivity index (χ2n) is 9.78. The normalized spacial score (nSPS) is 16.2. The van der Waals surface area contributed by atoms with Gasteiger partial charge in [0.2, 0.25) is 5.60 Å². The molecule has 0 radical (unpaired) electrons. The first-order valence-corrected chi connectivity index (χ1v) is 13.0. The Balaban J connectivity index is 1.30. The van der Waals surface area contributed by atoms with E-state index in [9.17, 15) is 9.90 Å². The molecule has 1 unspecified atom stereocenters. The number of aromatic nitrogens is 2. The summed E-state index contributed by atoms with van der Waals surface area (Å²) in [6, 6.07) is 14.1. The lowest BCUT2D eigenvalue weighted by Crippen LogP contribution is -2.42. The van der Waals surface area contributed by atoms with Gasteiger partial charge in [-0.1, -0.05) is 67.5 Å². The number of hydrogen-bond acceptors (Lipinski definition) is 7. The van der Waals surface area contributed by atoms with E-state index in [0.29, 0.717) is 41.5 Å². The third-order valence-electron chi connectivity index (χ3n) is 7.06. The molecule has 0 bridgehead atoms. The van der Waals surface area contributed by atoms with Crippen molar-refractivity contribution in [3.8, 4) is 23.3 Å². The summed E-state index contributed by atoms with van der Waals surface area (Å²) in [4.78, 5) is 23.7. The Labute approximate surface area is 223 Å². The summed E-state index contributed by atoms with van der Waals surface area (Å²) < 4.78 is 12.0.